The summed E-state index contributed by atoms with van der Waals surface area (Å²) in [4.78, 5) is 22.1. The van der Waals surface area contributed by atoms with Crippen molar-refractivity contribution in [3.8, 4) is 0 Å². The fourth-order valence-electron chi connectivity index (χ4n) is 2.50. The number of carbonyl (C=O) groups excluding carboxylic acids is 1. The van der Waals surface area contributed by atoms with Crippen molar-refractivity contribution in [3.05, 3.63) is 35.4 Å². The number of nitrogens with one attached hydrogen (secondary N) is 2. The zero-order valence-corrected chi connectivity index (χ0v) is 10.9. The van der Waals surface area contributed by atoms with Gasteiger partial charge in [0.15, 0.2) is 0 Å². The van der Waals surface area contributed by atoms with Crippen LogP contribution in [-0.4, -0.2) is 29.2 Å². The van der Waals surface area contributed by atoms with Gasteiger partial charge in [0.1, 0.15) is 0 Å². The molecule has 0 aliphatic heterocycles. The van der Waals surface area contributed by atoms with E-state index in [0.29, 0.717) is 0 Å². The van der Waals surface area contributed by atoms with Crippen LogP contribution in [0.5, 0.6) is 0 Å². The van der Waals surface area contributed by atoms with Crippen LogP contribution in [0.25, 0.3) is 0 Å². The van der Waals surface area contributed by atoms with Gasteiger partial charge in [0.25, 0.3) is 0 Å². The molecule has 5 nitrogen and oxygen atoms in total. The Hall–Kier alpha value is -2.04. The summed E-state index contributed by atoms with van der Waals surface area (Å²) >= 11 is 0. The number of carboxylic acids is 1. The van der Waals surface area contributed by atoms with E-state index in [1.165, 1.54) is 11.1 Å². The van der Waals surface area contributed by atoms with Crippen molar-refractivity contribution in [1.29, 1.82) is 0 Å². The standard InChI is InChI=1S/C14H18N2O3/c1-14(16-13(19)15-7-6-12(17)18)8-10-4-2-3-5-11(10)9-14/h2-5H,6-9H2,1H3,(H,17,18)(H2,15,16,19). The number of amides is 2. The first kappa shape index (κ1) is 13.4. The summed E-state index contributed by atoms with van der Waals surface area (Å²) in [5.74, 6) is -0.917. The van der Waals surface area contributed by atoms with Crippen LogP contribution in [0.2, 0.25) is 0 Å². The second kappa shape index (κ2) is 5.30. The Kier molecular flexibility index (Phi) is 3.74. The number of fused-ring (bicyclic) bond motifs is 1. The minimum atomic E-state index is -0.917. The van der Waals surface area contributed by atoms with E-state index in [-0.39, 0.29) is 24.5 Å². The number of urea groups is 1. The van der Waals surface area contributed by atoms with Crippen LogP contribution in [0.3, 0.4) is 0 Å². The molecule has 1 aromatic carbocycles. The molecule has 0 atom stereocenters. The van der Waals surface area contributed by atoms with Crippen LogP contribution in [0, 0.1) is 0 Å². The van der Waals surface area contributed by atoms with E-state index in [1.807, 2.05) is 19.1 Å². The first-order valence-corrected chi connectivity index (χ1v) is 6.33. The molecule has 0 heterocycles. The molecule has 0 spiro atoms. The van der Waals surface area contributed by atoms with Crippen LogP contribution in [0.15, 0.2) is 24.3 Å². The summed E-state index contributed by atoms with van der Waals surface area (Å²) in [5, 5.41) is 14.0. The second-order valence-corrected chi connectivity index (χ2v) is 5.21. The van der Waals surface area contributed by atoms with Crippen molar-refractivity contribution in [2.75, 3.05) is 6.54 Å². The third-order valence-electron chi connectivity index (χ3n) is 3.32. The largest absolute Gasteiger partial charge is 0.481 e. The lowest BCUT2D eigenvalue weighted by Gasteiger charge is -2.25. The highest BCUT2D eigenvalue weighted by atomic mass is 16.4. The topological polar surface area (TPSA) is 78.4 Å². The average molecular weight is 262 g/mol. The summed E-state index contributed by atoms with van der Waals surface area (Å²) < 4.78 is 0. The molecule has 0 radical (unpaired) electrons. The Balaban J connectivity index is 1.87. The minimum absolute atomic E-state index is 0.0651. The van der Waals surface area contributed by atoms with Gasteiger partial charge in [-0.2, -0.15) is 0 Å². The van der Waals surface area contributed by atoms with Gasteiger partial charge in [-0.1, -0.05) is 24.3 Å². The lowest BCUT2D eigenvalue weighted by Crippen LogP contribution is -2.51. The number of carbonyl (C=O) groups is 2. The van der Waals surface area contributed by atoms with Gasteiger partial charge in [-0.3, -0.25) is 4.79 Å². The number of hydrogen-bond donors (Lipinski definition) is 3. The van der Waals surface area contributed by atoms with Gasteiger partial charge in [-0.25, -0.2) is 4.79 Å². The minimum Gasteiger partial charge on any atom is -0.481 e. The van der Waals surface area contributed by atoms with Crippen molar-refractivity contribution in [3.63, 3.8) is 0 Å². The van der Waals surface area contributed by atoms with Crippen molar-refractivity contribution in [2.45, 2.75) is 31.7 Å². The van der Waals surface area contributed by atoms with E-state index < -0.39 is 5.97 Å². The summed E-state index contributed by atoms with van der Waals surface area (Å²) in [6.45, 7) is 2.15. The normalized spacial score (nSPS) is 15.6. The molecule has 0 fully saturated rings. The number of carboxylic acid groups (broad SMARTS) is 1. The van der Waals surface area contributed by atoms with Gasteiger partial charge >= 0.3 is 12.0 Å². The lowest BCUT2D eigenvalue weighted by atomic mass is 9.99. The zero-order chi connectivity index (χ0) is 13.9. The van der Waals surface area contributed by atoms with Gasteiger partial charge in [0.05, 0.1) is 6.42 Å². The van der Waals surface area contributed by atoms with Crippen molar-refractivity contribution >= 4 is 12.0 Å². The Morgan fingerprint density at radius 1 is 1.26 bits per heavy atom. The number of hydrogen-bond acceptors (Lipinski definition) is 2. The molecule has 5 heteroatoms. The Morgan fingerprint density at radius 3 is 2.37 bits per heavy atom. The first-order valence-electron chi connectivity index (χ1n) is 6.33. The average Bonchev–Trinajstić information content (AvgIpc) is 2.63. The molecule has 1 aliphatic rings. The molecular formula is C14H18N2O3. The molecule has 0 aromatic heterocycles. The van der Waals surface area contributed by atoms with Gasteiger partial charge in [0, 0.05) is 12.1 Å². The lowest BCUT2D eigenvalue weighted by molar-refractivity contribution is -0.136. The summed E-state index contributed by atoms with van der Waals surface area (Å²) in [7, 11) is 0. The summed E-state index contributed by atoms with van der Waals surface area (Å²) in [6, 6.07) is 7.83. The molecular weight excluding hydrogens is 244 g/mol. The second-order valence-electron chi connectivity index (χ2n) is 5.21. The van der Waals surface area contributed by atoms with Crippen LogP contribution in [-0.2, 0) is 17.6 Å². The fourth-order valence-corrected chi connectivity index (χ4v) is 2.50. The van der Waals surface area contributed by atoms with Gasteiger partial charge in [-0.15, -0.1) is 0 Å². The maximum atomic E-state index is 11.7. The Bertz CT molecular complexity index is 474. The quantitative estimate of drug-likeness (QED) is 0.765. The summed E-state index contributed by atoms with van der Waals surface area (Å²) in [6.07, 6.45) is 1.54. The van der Waals surface area contributed by atoms with Crippen LogP contribution >= 0.6 is 0 Å². The first-order chi connectivity index (χ1) is 8.98. The smallest absolute Gasteiger partial charge is 0.315 e. The molecule has 3 N–H and O–H groups in total. The van der Waals surface area contributed by atoms with Crippen molar-refractivity contribution in [2.24, 2.45) is 0 Å². The molecule has 0 saturated carbocycles. The molecule has 2 amide bonds. The van der Waals surface area contributed by atoms with Crippen LogP contribution in [0.1, 0.15) is 24.5 Å². The maximum absolute atomic E-state index is 11.7. The third kappa shape index (κ3) is 3.47. The maximum Gasteiger partial charge on any atom is 0.315 e. The number of benzene rings is 1. The number of rotatable bonds is 4. The molecule has 0 saturated heterocycles. The zero-order valence-electron chi connectivity index (χ0n) is 10.9. The van der Waals surface area contributed by atoms with Gasteiger partial charge < -0.3 is 15.7 Å². The SMILES string of the molecule is CC1(NC(=O)NCCC(=O)O)Cc2ccccc2C1. The van der Waals surface area contributed by atoms with Crippen molar-refractivity contribution < 1.29 is 14.7 Å². The van der Waals surface area contributed by atoms with E-state index in [2.05, 4.69) is 22.8 Å². The van der Waals surface area contributed by atoms with Crippen LogP contribution < -0.4 is 10.6 Å². The highest BCUT2D eigenvalue weighted by Crippen LogP contribution is 2.29. The Morgan fingerprint density at radius 2 is 1.84 bits per heavy atom. The van der Waals surface area contributed by atoms with Gasteiger partial charge in [-0.05, 0) is 30.9 Å². The highest BCUT2D eigenvalue weighted by Gasteiger charge is 2.33. The molecule has 102 valence electrons. The predicted molar refractivity (Wildman–Crippen MR) is 71.0 cm³/mol. The molecule has 0 unspecified atom stereocenters. The van der Waals surface area contributed by atoms with E-state index in [9.17, 15) is 9.59 Å². The van der Waals surface area contributed by atoms with E-state index >= 15 is 0 Å². The molecule has 1 aliphatic carbocycles. The third-order valence-corrected chi connectivity index (χ3v) is 3.32. The molecule has 0 bridgehead atoms. The molecule has 1 aromatic rings. The van der Waals surface area contributed by atoms with E-state index in [0.717, 1.165) is 12.8 Å². The molecule has 2 rings (SSSR count). The number of aliphatic carboxylic acids is 1. The predicted octanol–water partition coefficient (Wildman–Crippen LogP) is 1.32. The monoisotopic (exact) mass is 262 g/mol. The fraction of sp³-hybridized carbons (Fsp3) is 0.429. The highest BCUT2D eigenvalue weighted by molar-refractivity contribution is 5.76. The van der Waals surface area contributed by atoms with Crippen LogP contribution in [0.4, 0.5) is 4.79 Å². The molecule has 19 heavy (non-hydrogen) atoms. The van der Waals surface area contributed by atoms with Gasteiger partial charge in [0.2, 0.25) is 0 Å². The Labute approximate surface area is 112 Å². The van der Waals surface area contributed by atoms with Crippen molar-refractivity contribution in [1.82, 2.24) is 10.6 Å². The van der Waals surface area contributed by atoms with E-state index in [1.54, 1.807) is 0 Å². The van der Waals surface area contributed by atoms with E-state index in [4.69, 9.17) is 5.11 Å². The summed E-state index contributed by atoms with van der Waals surface area (Å²) in [5.41, 5.74) is 2.23.